The number of nitrogens with zero attached hydrogens (tertiary/aromatic N) is 4. The number of likely N-dealkylation sites (tertiary alicyclic amines) is 1. The fraction of sp³-hybridized carbons (Fsp3) is 0.591. The first kappa shape index (κ1) is 22.1. The lowest BCUT2D eigenvalue weighted by atomic mass is 10.1. The smallest absolute Gasteiger partial charge is 0.224 e. The fourth-order valence-electron chi connectivity index (χ4n) is 3.66. The van der Waals surface area contributed by atoms with Gasteiger partial charge in [0.2, 0.25) is 11.9 Å². The van der Waals surface area contributed by atoms with Gasteiger partial charge in [-0.05, 0) is 50.0 Å². The lowest BCUT2D eigenvalue weighted by Gasteiger charge is -2.26. The molecule has 0 atom stereocenters. The minimum absolute atomic E-state index is 0.0347. The quantitative estimate of drug-likeness (QED) is 0.549. The molecule has 1 aromatic carbocycles. The Morgan fingerprint density at radius 3 is 2.80 bits per heavy atom. The molecule has 8 heteroatoms. The molecule has 0 radical (unpaired) electrons. The van der Waals surface area contributed by atoms with Crippen molar-refractivity contribution < 1.29 is 9.53 Å². The maximum absolute atomic E-state index is 11.0. The van der Waals surface area contributed by atoms with Crippen molar-refractivity contribution in [2.45, 2.75) is 45.6 Å². The van der Waals surface area contributed by atoms with E-state index in [0.717, 1.165) is 37.0 Å². The molecular formula is C22H34N6O2. The van der Waals surface area contributed by atoms with Crippen LogP contribution in [0.5, 0.6) is 5.75 Å². The van der Waals surface area contributed by atoms with Gasteiger partial charge in [-0.25, -0.2) is 0 Å². The number of amides is 1. The molecule has 30 heavy (non-hydrogen) atoms. The molecule has 1 aliphatic rings. The number of hydrogen-bond acceptors (Lipinski definition) is 6. The van der Waals surface area contributed by atoms with Crippen molar-refractivity contribution in [1.29, 1.82) is 0 Å². The average molecular weight is 415 g/mol. The minimum atomic E-state index is -0.0347. The van der Waals surface area contributed by atoms with E-state index in [1.807, 2.05) is 17.7 Å². The van der Waals surface area contributed by atoms with Crippen LogP contribution in [0.15, 0.2) is 24.3 Å². The fourth-order valence-corrected chi connectivity index (χ4v) is 3.66. The molecule has 1 aromatic heterocycles. The minimum Gasteiger partial charge on any atom is -0.494 e. The van der Waals surface area contributed by atoms with Crippen LogP contribution in [0.4, 0.5) is 5.95 Å². The highest BCUT2D eigenvalue weighted by Gasteiger charge is 2.11. The zero-order valence-electron chi connectivity index (χ0n) is 18.2. The molecule has 0 saturated carbocycles. The molecule has 1 amide bonds. The average Bonchev–Trinajstić information content (AvgIpc) is 3.08. The summed E-state index contributed by atoms with van der Waals surface area (Å²) in [5.41, 5.74) is 1.32. The second-order valence-electron chi connectivity index (χ2n) is 7.84. The van der Waals surface area contributed by atoms with Gasteiger partial charge in [-0.1, -0.05) is 18.6 Å². The number of nitrogens with one attached hydrogen (secondary N) is 2. The van der Waals surface area contributed by atoms with E-state index in [2.05, 4.69) is 43.9 Å². The highest BCUT2D eigenvalue weighted by atomic mass is 16.5. The van der Waals surface area contributed by atoms with Gasteiger partial charge in [0.15, 0.2) is 0 Å². The summed E-state index contributed by atoms with van der Waals surface area (Å²) in [5, 5.41) is 14.4. The molecule has 0 unspecified atom stereocenters. The molecule has 8 nitrogen and oxygen atoms in total. The first-order chi connectivity index (χ1) is 14.6. The second-order valence-corrected chi connectivity index (χ2v) is 7.84. The molecular weight excluding hydrogens is 380 g/mol. The van der Waals surface area contributed by atoms with E-state index >= 15 is 0 Å². The molecule has 3 rings (SSSR count). The largest absolute Gasteiger partial charge is 0.494 e. The first-order valence-corrected chi connectivity index (χ1v) is 10.9. The zero-order valence-corrected chi connectivity index (χ0v) is 18.2. The maximum atomic E-state index is 11.0. The van der Waals surface area contributed by atoms with Gasteiger partial charge in [0, 0.05) is 40.0 Å². The van der Waals surface area contributed by atoms with Crippen molar-refractivity contribution in [3.05, 3.63) is 35.7 Å². The first-order valence-electron chi connectivity index (χ1n) is 10.9. The molecule has 1 aliphatic heterocycles. The number of carbonyl (C=O) groups is 1. The van der Waals surface area contributed by atoms with Crippen molar-refractivity contribution in [2.75, 3.05) is 38.1 Å². The number of ether oxygens (including phenoxy) is 1. The molecule has 164 valence electrons. The van der Waals surface area contributed by atoms with Gasteiger partial charge in [-0.15, -0.1) is 10.2 Å². The van der Waals surface area contributed by atoms with Crippen LogP contribution >= 0.6 is 0 Å². The number of benzene rings is 1. The van der Waals surface area contributed by atoms with Crippen molar-refractivity contribution in [2.24, 2.45) is 7.05 Å². The van der Waals surface area contributed by atoms with E-state index in [-0.39, 0.29) is 5.91 Å². The Labute approximate surface area is 179 Å². The van der Waals surface area contributed by atoms with Gasteiger partial charge >= 0.3 is 0 Å². The van der Waals surface area contributed by atoms with Gasteiger partial charge in [-0.3, -0.25) is 9.69 Å². The van der Waals surface area contributed by atoms with Gasteiger partial charge in [0.05, 0.1) is 6.61 Å². The predicted octanol–water partition coefficient (Wildman–Crippen LogP) is 2.36. The Kier molecular flexibility index (Phi) is 8.50. The maximum Gasteiger partial charge on any atom is 0.224 e. The van der Waals surface area contributed by atoms with Crippen molar-refractivity contribution in [3.8, 4) is 5.75 Å². The highest BCUT2D eigenvalue weighted by Crippen LogP contribution is 2.17. The van der Waals surface area contributed by atoms with Crippen molar-refractivity contribution in [1.82, 2.24) is 25.0 Å². The zero-order chi connectivity index (χ0) is 21.2. The van der Waals surface area contributed by atoms with Gasteiger partial charge in [-0.2, -0.15) is 0 Å². The number of rotatable bonds is 11. The van der Waals surface area contributed by atoms with Crippen LogP contribution in [-0.2, 0) is 24.8 Å². The molecule has 1 saturated heterocycles. The van der Waals surface area contributed by atoms with Crippen LogP contribution in [-0.4, -0.2) is 58.4 Å². The Bertz CT molecular complexity index is 801. The number of anilines is 1. The van der Waals surface area contributed by atoms with Crippen LogP contribution < -0.4 is 15.4 Å². The second kappa shape index (κ2) is 11.5. The number of hydrogen-bond donors (Lipinski definition) is 2. The van der Waals surface area contributed by atoms with Crippen LogP contribution in [0, 0.1) is 0 Å². The SMILES string of the molecule is CC(=O)NCCc1nnc(NCCCOc2cccc(CN3CCCCC3)c2)n1C. The lowest BCUT2D eigenvalue weighted by molar-refractivity contribution is -0.118. The predicted molar refractivity (Wildman–Crippen MR) is 118 cm³/mol. The summed E-state index contributed by atoms with van der Waals surface area (Å²) >= 11 is 0. The number of aromatic nitrogens is 3. The molecule has 1 fully saturated rings. The van der Waals surface area contributed by atoms with Gasteiger partial charge < -0.3 is 19.9 Å². The standard InChI is InChI=1S/C22H34N6O2/c1-18(29)23-12-10-21-25-26-22(27(21)2)24-11-7-15-30-20-9-6-8-19(16-20)17-28-13-4-3-5-14-28/h6,8-9,16H,3-5,7,10-15,17H2,1-2H3,(H,23,29)(H,24,26). The molecule has 2 heterocycles. The topological polar surface area (TPSA) is 84.3 Å². The van der Waals surface area contributed by atoms with Crippen molar-refractivity contribution >= 4 is 11.9 Å². The number of piperidine rings is 1. The summed E-state index contributed by atoms with van der Waals surface area (Å²) in [4.78, 5) is 13.5. The summed E-state index contributed by atoms with van der Waals surface area (Å²) < 4.78 is 7.87. The third-order valence-electron chi connectivity index (χ3n) is 5.31. The van der Waals surface area contributed by atoms with Gasteiger partial charge in [0.25, 0.3) is 0 Å². The molecule has 0 bridgehead atoms. The molecule has 0 spiro atoms. The summed E-state index contributed by atoms with van der Waals surface area (Å²) in [5.74, 6) is 2.47. The Hall–Kier alpha value is -2.61. The number of carbonyl (C=O) groups excluding carboxylic acids is 1. The van der Waals surface area contributed by atoms with Crippen LogP contribution in [0.3, 0.4) is 0 Å². The summed E-state index contributed by atoms with van der Waals surface area (Å²) in [6.07, 6.45) is 5.50. The van der Waals surface area contributed by atoms with Crippen LogP contribution in [0.1, 0.15) is 44.0 Å². The molecule has 0 aliphatic carbocycles. The van der Waals surface area contributed by atoms with E-state index in [9.17, 15) is 4.79 Å². The third kappa shape index (κ3) is 7.02. The Morgan fingerprint density at radius 2 is 2.00 bits per heavy atom. The van der Waals surface area contributed by atoms with Gasteiger partial charge in [0.1, 0.15) is 11.6 Å². The lowest BCUT2D eigenvalue weighted by Crippen LogP contribution is -2.29. The van der Waals surface area contributed by atoms with E-state index in [1.165, 1.54) is 44.8 Å². The van der Waals surface area contributed by atoms with Crippen molar-refractivity contribution in [3.63, 3.8) is 0 Å². The normalized spacial score (nSPS) is 14.5. The van der Waals surface area contributed by atoms with E-state index in [0.29, 0.717) is 19.6 Å². The molecule has 2 aromatic rings. The highest BCUT2D eigenvalue weighted by molar-refractivity contribution is 5.72. The Balaban J connectivity index is 1.36. The monoisotopic (exact) mass is 414 g/mol. The summed E-state index contributed by atoms with van der Waals surface area (Å²) in [7, 11) is 1.93. The molecule has 2 N–H and O–H groups in total. The Morgan fingerprint density at radius 1 is 1.17 bits per heavy atom. The van der Waals surface area contributed by atoms with E-state index in [4.69, 9.17) is 4.74 Å². The van der Waals surface area contributed by atoms with Crippen LogP contribution in [0.25, 0.3) is 0 Å². The summed E-state index contributed by atoms with van der Waals surface area (Å²) in [6.45, 7) is 6.89. The van der Waals surface area contributed by atoms with Crippen LogP contribution in [0.2, 0.25) is 0 Å². The van der Waals surface area contributed by atoms with E-state index in [1.54, 1.807) is 0 Å². The summed E-state index contributed by atoms with van der Waals surface area (Å²) in [6, 6.07) is 8.44. The van der Waals surface area contributed by atoms with E-state index < -0.39 is 0 Å². The third-order valence-corrected chi connectivity index (χ3v) is 5.31.